The lowest BCUT2D eigenvalue weighted by atomic mass is 9.94. The van der Waals surface area contributed by atoms with Crippen molar-refractivity contribution in [1.29, 1.82) is 0 Å². The van der Waals surface area contributed by atoms with Crippen LogP contribution in [0.25, 0.3) is 0 Å². The van der Waals surface area contributed by atoms with E-state index in [1.807, 2.05) is 37.3 Å². The fourth-order valence-corrected chi connectivity index (χ4v) is 1.60. The van der Waals surface area contributed by atoms with Gasteiger partial charge in [0.1, 0.15) is 0 Å². The van der Waals surface area contributed by atoms with Gasteiger partial charge in [0.15, 0.2) is 0 Å². The van der Waals surface area contributed by atoms with Crippen LogP contribution in [-0.4, -0.2) is 13.1 Å². The summed E-state index contributed by atoms with van der Waals surface area (Å²) in [5.41, 5.74) is 2.15. The summed E-state index contributed by atoms with van der Waals surface area (Å²) in [5.74, 6) is -0.419. The zero-order chi connectivity index (χ0) is 11.3. The molecule has 0 aliphatic rings. The second-order valence-corrected chi connectivity index (χ2v) is 3.44. The molecule has 0 heterocycles. The molecule has 0 amide bonds. The van der Waals surface area contributed by atoms with Gasteiger partial charge in [-0.25, -0.2) is 0 Å². The molecule has 1 aromatic rings. The summed E-state index contributed by atoms with van der Waals surface area (Å²) < 4.78 is 4.73. The third-order valence-corrected chi connectivity index (χ3v) is 2.44. The van der Waals surface area contributed by atoms with Crippen LogP contribution in [0.2, 0.25) is 0 Å². The maximum Gasteiger partial charge on any atom is 0.312 e. The van der Waals surface area contributed by atoms with Crippen LogP contribution < -0.4 is 0 Å². The Kier molecular flexibility index (Phi) is 4.10. The van der Waals surface area contributed by atoms with Crippen LogP contribution in [0.15, 0.2) is 36.9 Å². The van der Waals surface area contributed by atoms with Crippen molar-refractivity contribution in [3.05, 3.63) is 48.0 Å². The molecule has 0 spiro atoms. The largest absolute Gasteiger partial charge is 0.469 e. The average molecular weight is 204 g/mol. The smallest absolute Gasteiger partial charge is 0.312 e. The van der Waals surface area contributed by atoms with Crippen molar-refractivity contribution in [1.82, 2.24) is 0 Å². The molecule has 0 saturated carbocycles. The molecule has 2 nitrogen and oxygen atoms in total. The van der Waals surface area contributed by atoms with Crippen LogP contribution in [-0.2, 0) is 16.0 Å². The highest BCUT2D eigenvalue weighted by Crippen LogP contribution is 2.21. The minimum atomic E-state index is -0.217. The average Bonchev–Trinajstić information content (AvgIpc) is 2.28. The van der Waals surface area contributed by atoms with Gasteiger partial charge in [-0.1, -0.05) is 30.3 Å². The molecule has 2 heteroatoms. The van der Waals surface area contributed by atoms with Gasteiger partial charge in [0.05, 0.1) is 13.0 Å². The highest BCUT2D eigenvalue weighted by atomic mass is 16.5. The predicted molar refractivity (Wildman–Crippen MR) is 60.8 cm³/mol. The molecule has 1 aromatic carbocycles. The second kappa shape index (κ2) is 5.35. The van der Waals surface area contributed by atoms with Gasteiger partial charge in [-0.3, -0.25) is 4.79 Å². The number of benzene rings is 1. The van der Waals surface area contributed by atoms with Gasteiger partial charge in [0, 0.05) is 0 Å². The van der Waals surface area contributed by atoms with Crippen molar-refractivity contribution in [3.63, 3.8) is 0 Å². The zero-order valence-electron chi connectivity index (χ0n) is 9.19. The Morgan fingerprint density at radius 2 is 2.20 bits per heavy atom. The SMILES string of the molecule is C=CCc1ccccc1[C@@H](C)C(=O)OC. The molecule has 1 rings (SSSR count). The van der Waals surface area contributed by atoms with Gasteiger partial charge >= 0.3 is 5.97 Å². The Hall–Kier alpha value is -1.57. The van der Waals surface area contributed by atoms with Crippen molar-refractivity contribution in [2.75, 3.05) is 7.11 Å². The highest BCUT2D eigenvalue weighted by molar-refractivity contribution is 5.78. The Morgan fingerprint density at radius 3 is 2.80 bits per heavy atom. The summed E-state index contributed by atoms with van der Waals surface area (Å²) in [6.45, 7) is 5.56. The van der Waals surface area contributed by atoms with Gasteiger partial charge in [-0.05, 0) is 24.5 Å². The summed E-state index contributed by atoms with van der Waals surface area (Å²) in [6, 6.07) is 7.87. The molecule has 0 aliphatic carbocycles. The molecular formula is C13H16O2. The predicted octanol–water partition coefficient (Wildman–Crippen LogP) is 2.69. The Morgan fingerprint density at radius 1 is 1.53 bits per heavy atom. The number of allylic oxidation sites excluding steroid dienone is 1. The number of hydrogen-bond acceptors (Lipinski definition) is 2. The molecule has 0 N–H and O–H groups in total. The van der Waals surface area contributed by atoms with E-state index in [1.165, 1.54) is 7.11 Å². The molecular weight excluding hydrogens is 188 g/mol. The molecule has 1 atom stereocenters. The van der Waals surface area contributed by atoms with E-state index < -0.39 is 0 Å². The minimum Gasteiger partial charge on any atom is -0.469 e. The fraction of sp³-hybridized carbons (Fsp3) is 0.308. The van der Waals surface area contributed by atoms with E-state index in [2.05, 4.69) is 6.58 Å². The Labute approximate surface area is 90.6 Å². The number of carbonyl (C=O) groups excluding carboxylic acids is 1. The molecule has 0 aliphatic heterocycles. The van der Waals surface area contributed by atoms with Crippen LogP contribution in [0, 0.1) is 0 Å². The molecule has 0 unspecified atom stereocenters. The standard InChI is InChI=1S/C13H16O2/c1-4-7-11-8-5-6-9-12(11)10(2)13(14)15-3/h4-6,8-10H,1,7H2,2-3H3/t10-/m1/s1. The van der Waals surface area contributed by atoms with Gasteiger partial charge in [-0.2, -0.15) is 0 Å². The summed E-state index contributed by atoms with van der Waals surface area (Å²) in [7, 11) is 1.41. The first kappa shape index (κ1) is 11.5. The fourth-order valence-electron chi connectivity index (χ4n) is 1.60. The molecule has 0 radical (unpaired) electrons. The van der Waals surface area contributed by atoms with E-state index in [0.717, 1.165) is 17.5 Å². The Balaban J connectivity index is 3.01. The molecule has 0 saturated heterocycles. The lowest BCUT2D eigenvalue weighted by molar-refractivity contribution is -0.142. The molecule has 0 fully saturated rings. The lowest BCUT2D eigenvalue weighted by Crippen LogP contribution is -2.12. The summed E-state index contributed by atoms with van der Waals surface area (Å²) >= 11 is 0. The second-order valence-electron chi connectivity index (χ2n) is 3.44. The molecule has 0 aromatic heterocycles. The van der Waals surface area contributed by atoms with Gasteiger partial charge in [-0.15, -0.1) is 6.58 Å². The van der Waals surface area contributed by atoms with Crippen LogP contribution in [0.1, 0.15) is 24.0 Å². The molecule has 15 heavy (non-hydrogen) atoms. The van der Waals surface area contributed by atoms with Gasteiger partial charge in [0.25, 0.3) is 0 Å². The van der Waals surface area contributed by atoms with Crippen molar-refractivity contribution in [2.45, 2.75) is 19.3 Å². The van der Waals surface area contributed by atoms with E-state index in [-0.39, 0.29) is 11.9 Å². The van der Waals surface area contributed by atoms with E-state index in [0.29, 0.717) is 0 Å². The van der Waals surface area contributed by atoms with Crippen molar-refractivity contribution in [3.8, 4) is 0 Å². The monoisotopic (exact) mass is 204 g/mol. The first-order chi connectivity index (χ1) is 7.20. The van der Waals surface area contributed by atoms with Gasteiger partial charge in [0.2, 0.25) is 0 Å². The van der Waals surface area contributed by atoms with E-state index in [9.17, 15) is 4.79 Å². The summed E-state index contributed by atoms with van der Waals surface area (Å²) in [5, 5.41) is 0. The van der Waals surface area contributed by atoms with Crippen molar-refractivity contribution in [2.24, 2.45) is 0 Å². The number of rotatable bonds is 4. The van der Waals surface area contributed by atoms with Crippen LogP contribution in [0.4, 0.5) is 0 Å². The maximum absolute atomic E-state index is 11.4. The topological polar surface area (TPSA) is 26.3 Å². The van der Waals surface area contributed by atoms with E-state index in [4.69, 9.17) is 4.74 Å². The van der Waals surface area contributed by atoms with Crippen molar-refractivity contribution < 1.29 is 9.53 Å². The summed E-state index contributed by atoms with van der Waals surface area (Å²) in [6.07, 6.45) is 2.61. The first-order valence-electron chi connectivity index (χ1n) is 4.97. The number of carbonyl (C=O) groups is 1. The number of hydrogen-bond donors (Lipinski definition) is 0. The van der Waals surface area contributed by atoms with Gasteiger partial charge < -0.3 is 4.74 Å². The number of ether oxygens (including phenoxy) is 1. The summed E-state index contributed by atoms with van der Waals surface area (Å²) in [4.78, 5) is 11.4. The van der Waals surface area contributed by atoms with Crippen LogP contribution >= 0.6 is 0 Å². The maximum atomic E-state index is 11.4. The third kappa shape index (κ3) is 2.69. The normalized spacial score (nSPS) is 11.9. The number of esters is 1. The van der Waals surface area contributed by atoms with Crippen LogP contribution in [0.5, 0.6) is 0 Å². The molecule has 0 bridgehead atoms. The number of methoxy groups -OCH3 is 1. The van der Waals surface area contributed by atoms with Crippen LogP contribution in [0.3, 0.4) is 0 Å². The quantitative estimate of drug-likeness (QED) is 0.556. The minimum absolute atomic E-state index is 0.202. The highest BCUT2D eigenvalue weighted by Gasteiger charge is 2.17. The zero-order valence-corrected chi connectivity index (χ0v) is 9.19. The lowest BCUT2D eigenvalue weighted by Gasteiger charge is -2.13. The molecule has 80 valence electrons. The van der Waals surface area contributed by atoms with E-state index >= 15 is 0 Å². The first-order valence-corrected chi connectivity index (χ1v) is 4.97. The van der Waals surface area contributed by atoms with Crippen molar-refractivity contribution >= 4 is 5.97 Å². The van der Waals surface area contributed by atoms with E-state index in [1.54, 1.807) is 0 Å². The third-order valence-electron chi connectivity index (χ3n) is 2.44. The Bertz CT molecular complexity index is 355.